The van der Waals surface area contributed by atoms with Gasteiger partial charge in [-0.3, -0.25) is 0 Å². The summed E-state index contributed by atoms with van der Waals surface area (Å²) < 4.78 is 0.285. The van der Waals surface area contributed by atoms with Crippen molar-refractivity contribution in [3.8, 4) is 11.1 Å². The van der Waals surface area contributed by atoms with Crippen molar-refractivity contribution < 1.29 is 19.4 Å². The number of allylic oxidation sites excluding steroid dienone is 1. The maximum atomic E-state index is 6.56. The van der Waals surface area contributed by atoms with E-state index in [4.69, 9.17) is 17.0 Å². The zero-order chi connectivity index (χ0) is 20.6. The molecular weight excluding hydrogens is 462 g/mol. The molecule has 28 heavy (non-hydrogen) atoms. The monoisotopic (exact) mass is 491 g/mol. The summed E-state index contributed by atoms with van der Waals surface area (Å²) in [5.74, 6) is 1.03. The summed E-state index contributed by atoms with van der Waals surface area (Å²) in [6, 6.07) is 11.8. The molecule has 0 amide bonds. The summed E-state index contributed by atoms with van der Waals surface area (Å²) in [5, 5.41) is 0. The minimum atomic E-state index is -2.43. The van der Waals surface area contributed by atoms with Crippen LogP contribution in [-0.4, -0.2) is 0 Å². The fourth-order valence-corrected chi connectivity index (χ4v) is 9.91. The van der Waals surface area contributed by atoms with Gasteiger partial charge in [-0.1, -0.05) is 0 Å². The Morgan fingerprint density at radius 2 is 1.57 bits per heavy atom. The van der Waals surface area contributed by atoms with E-state index >= 15 is 0 Å². The second-order valence-electron chi connectivity index (χ2n) is 8.66. The standard InChI is InChI=1S/C25H31.2ClH.Zr/c1-7-8-19-9-10-20-11-18(6)12-24(20)25(19)23-14-21(16(2)3)13-22(15-23)17(4)5;;;/h9-17H,7-8H2,1-6H3;2*1H;/q;;;+2/p-2. The summed E-state index contributed by atoms with van der Waals surface area (Å²) in [6.07, 6.45) is 4.60. The third-order valence-corrected chi connectivity index (χ3v) is 11.4. The van der Waals surface area contributed by atoms with Crippen LogP contribution in [0.25, 0.3) is 17.2 Å². The second kappa shape index (κ2) is 9.20. The van der Waals surface area contributed by atoms with Gasteiger partial charge in [0.1, 0.15) is 0 Å². The molecule has 0 N–H and O–H groups in total. The van der Waals surface area contributed by atoms with Gasteiger partial charge in [-0.15, -0.1) is 0 Å². The molecule has 1 unspecified atom stereocenters. The summed E-state index contributed by atoms with van der Waals surface area (Å²) in [7, 11) is 13.1. The Balaban J connectivity index is 2.30. The Kier molecular flexibility index (Phi) is 7.34. The fourth-order valence-electron chi connectivity index (χ4n) is 4.24. The molecule has 1 aliphatic rings. The predicted octanol–water partition coefficient (Wildman–Crippen LogP) is 8.94. The molecule has 2 aromatic carbocycles. The third-order valence-electron chi connectivity index (χ3n) is 5.84. The van der Waals surface area contributed by atoms with E-state index in [1.54, 1.807) is 0 Å². The van der Waals surface area contributed by atoms with Crippen molar-refractivity contribution in [3.63, 3.8) is 0 Å². The molecule has 0 radical (unpaired) electrons. The molecular formula is C25H31Cl2Zr. The van der Waals surface area contributed by atoms with Crippen LogP contribution in [0.4, 0.5) is 0 Å². The molecule has 0 aliphatic heterocycles. The molecule has 3 rings (SSSR count). The van der Waals surface area contributed by atoms with Gasteiger partial charge in [0.25, 0.3) is 0 Å². The number of aryl methyl sites for hydroxylation is 1. The summed E-state index contributed by atoms with van der Waals surface area (Å²) in [6.45, 7) is 13.6. The molecule has 0 saturated carbocycles. The Morgan fingerprint density at radius 3 is 2.07 bits per heavy atom. The number of fused-ring (bicyclic) bond motifs is 1. The predicted molar refractivity (Wildman–Crippen MR) is 122 cm³/mol. The molecule has 0 fully saturated rings. The zero-order valence-electron chi connectivity index (χ0n) is 17.9. The number of hydrogen-bond acceptors (Lipinski definition) is 0. The maximum absolute atomic E-state index is 6.56. The number of benzene rings is 2. The van der Waals surface area contributed by atoms with E-state index < -0.39 is 19.4 Å². The quantitative estimate of drug-likeness (QED) is 0.377. The topological polar surface area (TPSA) is 0 Å². The zero-order valence-corrected chi connectivity index (χ0v) is 21.8. The van der Waals surface area contributed by atoms with Gasteiger partial charge in [0.2, 0.25) is 0 Å². The molecule has 0 bridgehead atoms. The van der Waals surface area contributed by atoms with E-state index in [1.807, 2.05) is 0 Å². The van der Waals surface area contributed by atoms with Gasteiger partial charge in [-0.05, 0) is 0 Å². The average Bonchev–Trinajstić information content (AvgIpc) is 2.97. The van der Waals surface area contributed by atoms with Crippen molar-refractivity contribution in [2.24, 2.45) is 0 Å². The Hall–Kier alpha value is -0.357. The molecule has 0 saturated heterocycles. The Morgan fingerprint density at radius 1 is 0.964 bits per heavy atom. The molecule has 1 aliphatic carbocycles. The van der Waals surface area contributed by atoms with Crippen LogP contribution < -0.4 is 0 Å². The van der Waals surface area contributed by atoms with Gasteiger partial charge < -0.3 is 0 Å². The van der Waals surface area contributed by atoms with Gasteiger partial charge >= 0.3 is 187 Å². The Bertz CT molecular complexity index is 867. The van der Waals surface area contributed by atoms with Crippen molar-refractivity contribution in [3.05, 3.63) is 63.7 Å². The van der Waals surface area contributed by atoms with Crippen molar-refractivity contribution in [2.75, 3.05) is 0 Å². The van der Waals surface area contributed by atoms with E-state index in [2.05, 4.69) is 78.0 Å². The summed E-state index contributed by atoms with van der Waals surface area (Å²) >= 11 is -2.43. The molecule has 2 aromatic rings. The van der Waals surface area contributed by atoms with Crippen LogP contribution in [0.2, 0.25) is 0 Å². The molecule has 0 nitrogen and oxygen atoms in total. The van der Waals surface area contributed by atoms with Crippen molar-refractivity contribution in [1.82, 2.24) is 0 Å². The van der Waals surface area contributed by atoms with Gasteiger partial charge in [-0.25, -0.2) is 0 Å². The van der Waals surface area contributed by atoms with Gasteiger partial charge in [0.15, 0.2) is 0 Å². The van der Waals surface area contributed by atoms with Crippen LogP contribution in [0.15, 0.2) is 35.9 Å². The molecule has 0 heterocycles. The second-order valence-corrected chi connectivity index (χ2v) is 17.5. The van der Waals surface area contributed by atoms with Gasteiger partial charge in [0.05, 0.1) is 0 Å². The van der Waals surface area contributed by atoms with Crippen molar-refractivity contribution in [1.29, 1.82) is 0 Å². The number of rotatable bonds is 6. The van der Waals surface area contributed by atoms with Crippen molar-refractivity contribution in [2.45, 2.75) is 69.8 Å². The van der Waals surface area contributed by atoms with Gasteiger partial charge in [0, 0.05) is 0 Å². The van der Waals surface area contributed by atoms with Crippen LogP contribution in [0.5, 0.6) is 0 Å². The first-order chi connectivity index (χ1) is 13.2. The number of halogens is 2. The van der Waals surface area contributed by atoms with Crippen LogP contribution in [0.3, 0.4) is 0 Å². The van der Waals surface area contributed by atoms with E-state index in [0.717, 1.165) is 12.8 Å². The van der Waals surface area contributed by atoms with Crippen LogP contribution in [0, 0.1) is 0 Å². The fraction of sp³-hybridized carbons (Fsp3) is 0.440. The van der Waals surface area contributed by atoms with E-state index in [0.29, 0.717) is 11.8 Å². The van der Waals surface area contributed by atoms with E-state index in [1.165, 1.54) is 44.5 Å². The van der Waals surface area contributed by atoms with Crippen LogP contribution in [-0.2, 0) is 25.8 Å². The van der Waals surface area contributed by atoms with Crippen molar-refractivity contribution >= 4 is 23.1 Å². The Labute approximate surface area is 186 Å². The minimum absolute atomic E-state index is 0.285. The normalized spacial score (nSPS) is 15.9. The molecule has 0 spiro atoms. The summed E-state index contributed by atoms with van der Waals surface area (Å²) in [5.41, 5.74) is 11.1. The van der Waals surface area contributed by atoms with Crippen LogP contribution in [0.1, 0.15) is 91.2 Å². The molecule has 0 aromatic heterocycles. The first-order valence-electron chi connectivity index (χ1n) is 10.4. The summed E-state index contributed by atoms with van der Waals surface area (Å²) in [4.78, 5) is 0. The molecule has 149 valence electrons. The third kappa shape index (κ3) is 4.38. The molecule has 3 heteroatoms. The molecule has 1 atom stereocenters. The number of hydrogen-bond donors (Lipinski definition) is 0. The van der Waals surface area contributed by atoms with E-state index in [9.17, 15) is 0 Å². The van der Waals surface area contributed by atoms with Gasteiger partial charge in [-0.2, -0.15) is 0 Å². The van der Waals surface area contributed by atoms with E-state index in [-0.39, 0.29) is 3.63 Å². The SMILES string of the molecule is CCCc1ccc2c(c1-c1cc(C(C)C)cc(C(C)C)c1)C=C(C)[CH]2[Zr]([Cl])[Cl]. The van der Waals surface area contributed by atoms with Crippen LogP contribution >= 0.6 is 17.0 Å². The first-order valence-corrected chi connectivity index (χ1v) is 18.2. The average molecular weight is 494 g/mol. The first kappa shape index (κ1) is 22.3.